The Morgan fingerprint density at radius 2 is 2.24 bits per heavy atom. The van der Waals surface area contributed by atoms with Crippen LogP contribution in [0.1, 0.15) is 18.1 Å². The molecule has 2 aliphatic heterocycles. The van der Waals surface area contributed by atoms with E-state index in [1.807, 2.05) is 12.1 Å². The van der Waals surface area contributed by atoms with E-state index >= 15 is 0 Å². The largest absolute Gasteiger partial charge is 0.363 e. The highest BCUT2D eigenvalue weighted by molar-refractivity contribution is 5.85. The van der Waals surface area contributed by atoms with Crippen LogP contribution in [0.3, 0.4) is 0 Å². The maximum atomic E-state index is 8.95. The lowest BCUT2D eigenvalue weighted by Crippen LogP contribution is -2.54. The number of nitrogens with one attached hydrogen (secondary N) is 1. The van der Waals surface area contributed by atoms with Crippen LogP contribution in [0.2, 0.25) is 0 Å². The summed E-state index contributed by atoms with van der Waals surface area (Å²) in [6.45, 7) is 4.33. The van der Waals surface area contributed by atoms with E-state index in [4.69, 9.17) is 5.26 Å². The topological polar surface area (TPSA) is 39.1 Å². The van der Waals surface area contributed by atoms with Crippen LogP contribution in [-0.2, 0) is 6.42 Å². The Morgan fingerprint density at radius 1 is 1.41 bits per heavy atom. The molecule has 1 fully saturated rings. The summed E-state index contributed by atoms with van der Waals surface area (Å²) in [7, 11) is 0. The molecule has 0 bridgehead atoms. The molecule has 1 saturated heterocycles. The van der Waals surface area contributed by atoms with Gasteiger partial charge in [0.15, 0.2) is 0 Å². The minimum Gasteiger partial charge on any atom is -0.363 e. The average Bonchev–Trinajstić information content (AvgIpc) is 2.67. The van der Waals surface area contributed by atoms with E-state index in [9.17, 15) is 0 Å². The first-order valence-corrected chi connectivity index (χ1v) is 5.81. The maximum absolute atomic E-state index is 8.95. The van der Waals surface area contributed by atoms with Crippen LogP contribution in [0, 0.1) is 11.3 Å². The van der Waals surface area contributed by atoms with Crippen molar-refractivity contribution in [2.24, 2.45) is 0 Å². The molecule has 4 heteroatoms. The van der Waals surface area contributed by atoms with E-state index in [2.05, 4.69) is 29.3 Å². The predicted molar refractivity (Wildman–Crippen MR) is 70.7 cm³/mol. The highest BCUT2D eigenvalue weighted by Crippen LogP contribution is 2.35. The van der Waals surface area contributed by atoms with Gasteiger partial charge in [0.25, 0.3) is 0 Å². The molecular weight excluding hydrogens is 234 g/mol. The Labute approximate surface area is 108 Å². The Morgan fingerprint density at radius 3 is 3.00 bits per heavy atom. The average molecular weight is 250 g/mol. The Balaban J connectivity index is 0.00000108. The van der Waals surface area contributed by atoms with Crippen molar-refractivity contribution in [2.75, 3.05) is 18.0 Å². The van der Waals surface area contributed by atoms with Crippen LogP contribution in [0.25, 0.3) is 0 Å². The molecule has 0 unspecified atom stereocenters. The molecule has 1 aromatic carbocycles. The molecule has 0 aliphatic carbocycles. The predicted octanol–water partition coefficient (Wildman–Crippen LogP) is 1.70. The number of hydrogen-bond acceptors (Lipinski definition) is 3. The van der Waals surface area contributed by atoms with Crippen molar-refractivity contribution in [3.63, 3.8) is 0 Å². The van der Waals surface area contributed by atoms with Gasteiger partial charge in [-0.2, -0.15) is 5.26 Å². The van der Waals surface area contributed by atoms with Crippen LogP contribution >= 0.6 is 12.4 Å². The fourth-order valence-electron chi connectivity index (χ4n) is 2.92. The van der Waals surface area contributed by atoms with Crippen LogP contribution in [0.15, 0.2) is 18.2 Å². The Kier molecular flexibility index (Phi) is 3.28. The lowest BCUT2D eigenvalue weighted by molar-refractivity contribution is 0.430. The number of anilines is 1. The SMILES string of the molecule is C[C@@H]1CNC[C@H]2Cc3ccc(C#N)cc3N21.Cl. The second-order valence-corrected chi connectivity index (χ2v) is 4.73. The van der Waals surface area contributed by atoms with Crippen molar-refractivity contribution in [2.45, 2.75) is 25.4 Å². The molecule has 0 aromatic heterocycles. The van der Waals surface area contributed by atoms with Gasteiger partial charge >= 0.3 is 0 Å². The summed E-state index contributed by atoms with van der Waals surface area (Å²) in [5, 5.41) is 12.4. The van der Waals surface area contributed by atoms with E-state index in [1.54, 1.807) is 0 Å². The van der Waals surface area contributed by atoms with Gasteiger partial charge in [-0.3, -0.25) is 0 Å². The van der Waals surface area contributed by atoms with Gasteiger partial charge in [-0.15, -0.1) is 12.4 Å². The molecule has 1 N–H and O–H groups in total. The fraction of sp³-hybridized carbons (Fsp3) is 0.462. The molecule has 0 amide bonds. The van der Waals surface area contributed by atoms with Gasteiger partial charge < -0.3 is 10.2 Å². The number of hydrogen-bond donors (Lipinski definition) is 1. The molecule has 17 heavy (non-hydrogen) atoms. The molecule has 2 heterocycles. The summed E-state index contributed by atoms with van der Waals surface area (Å²) >= 11 is 0. The minimum absolute atomic E-state index is 0. The van der Waals surface area contributed by atoms with Gasteiger partial charge in [0.1, 0.15) is 0 Å². The van der Waals surface area contributed by atoms with Crippen molar-refractivity contribution < 1.29 is 0 Å². The molecule has 0 spiro atoms. The molecule has 0 radical (unpaired) electrons. The molecule has 1 aromatic rings. The lowest BCUT2D eigenvalue weighted by Gasteiger charge is -2.38. The molecular formula is C13H16ClN3. The standard InChI is InChI=1S/C13H15N3.ClH/c1-9-7-15-8-12-5-11-3-2-10(6-14)4-13(11)16(9)12;/h2-4,9,12,15H,5,7-8H2,1H3;1H/t9-,12-;/m1./s1. The zero-order valence-electron chi connectivity index (χ0n) is 9.81. The number of halogens is 1. The fourth-order valence-corrected chi connectivity index (χ4v) is 2.92. The molecule has 2 atom stereocenters. The number of piperazine rings is 1. The third-order valence-corrected chi connectivity index (χ3v) is 3.64. The zero-order chi connectivity index (χ0) is 11.1. The monoisotopic (exact) mass is 249 g/mol. The second kappa shape index (κ2) is 4.56. The number of nitriles is 1. The number of fused-ring (bicyclic) bond motifs is 3. The van der Waals surface area contributed by atoms with Crippen LogP contribution in [0.4, 0.5) is 5.69 Å². The summed E-state index contributed by atoms with van der Waals surface area (Å²) < 4.78 is 0. The third kappa shape index (κ3) is 1.88. The van der Waals surface area contributed by atoms with Gasteiger partial charge in [0.05, 0.1) is 11.6 Å². The number of rotatable bonds is 0. The van der Waals surface area contributed by atoms with Crippen molar-refractivity contribution in [3.05, 3.63) is 29.3 Å². The second-order valence-electron chi connectivity index (χ2n) is 4.73. The smallest absolute Gasteiger partial charge is 0.0992 e. The van der Waals surface area contributed by atoms with Crippen molar-refractivity contribution in [3.8, 4) is 6.07 Å². The van der Waals surface area contributed by atoms with Crippen LogP contribution in [-0.4, -0.2) is 25.2 Å². The molecule has 0 saturated carbocycles. The first-order valence-electron chi connectivity index (χ1n) is 5.81. The van der Waals surface area contributed by atoms with Crippen molar-refractivity contribution in [1.29, 1.82) is 5.26 Å². The third-order valence-electron chi connectivity index (χ3n) is 3.64. The summed E-state index contributed by atoms with van der Waals surface area (Å²) in [5.41, 5.74) is 3.43. The van der Waals surface area contributed by atoms with E-state index in [-0.39, 0.29) is 12.4 Å². The molecule has 3 nitrogen and oxygen atoms in total. The molecule has 90 valence electrons. The number of nitrogens with zero attached hydrogens (tertiary/aromatic N) is 2. The van der Waals surface area contributed by atoms with Gasteiger partial charge in [0, 0.05) is 30.9 Å². The van der Waals surface area contributed by atoms with E-state index < -0.39 is 0 Å². The van der Waals surface area contributed by atoms with E-state index in [0.29, 0.717) is 12.1 Å². The number of benzene rings is 1. The highest BCUT2D eigenvalue weighted by Gasteiger charge is 2.34. The zero-order valence-corrected chi connectivity index (χ0v) is 10.6. The minimum atomic E-state index is 0. The molecule has 2 aliphatic rings. The van der Waals surface area contributed by atoms with Crippen LogP contribution < -0.4 is 10.2 Å². The van der Waals surface area contributed by atoms with Gasteiger partial charge in [-0.1, -0.05) is 6.07 Å². The van der Waals surface area contributed by atoms with Gasteiger partial charge in [-0.05, 0) is 31.0 Å². The van der Waals surface area contributed by atoms with Crippen molar-refractivity contribution >= 4 is 18.1 Å². The van der Waals surface area contributed by atoms with Crippen LogP contribution in [0.5, 0.6) is 0 Å². The summed E-state index contributed by atoms with van der Waals surface area (Å²) in [5.74, 6) is 0. The first-order chi connectivity index (χ1) is 7.79. The summed E-state index contributed by atoms with van der Waals surface area (Å²) in [6, 6.07) is 9.40. The first kappa shape index (κ1) is 12.2. The summed E-state index contributed by atoms with van der Waals surface area (Å²) in [6.07, 6.45) is 1.11. The Hall–Kier alpha value is -1.24. The Bertz CT molecular complexity index is 466. The van der Waals surface area contributed by atoms with Gasteiger partial charge in [-0.25, -0.2) is 0 Å². The molecule has 3 rings (SSSR count). The maximum Gasteiger partial charge on any atom is 0.0992 e. The van der Waals surface area contributed by atoms with E-state index in [1.165, 1.54) is 11.3 Å². The normalized spacial score (nSPS) is 25.5. The lowest BCUT2D eigenvalue weighted by atomic mass is 10.1. The van der Waals surface area contributed by atoms with Gasteiger partial charge in [0.2, 0.25) is 0 Å². The summed E-state index contributed by atoms with van der Waals surface area (Å²) in [4.78, 5) is 2.48. The van der Waals surface area contributed by atoms with E-state index in [0.717, 1.165) is 25.1 Å². The quantitative estimate of drug-likeness (QED) is 0.761. The van der Waals surface area contributed by atoms with Crippen molar-refractivity contribution in [1.82, 2.24) is 5.32 Å². The highest BCUT2D eigenvalue weighted by atomic mass is 35.5.